The molecule has 10 heavy (non-hydrogen) atoms. The third-order valence-corrected chi connectivity index (χ3v) is 2.21. The van der Waals surface area contributed by atoms with Crippen LogP contribution in [0.15, 0.2) is 17.5 Å². The summed E-state index contributed by atoms with van der Waals surface area (Å²) in [6, 6.07) is 3.86. The van der Waals surface area contributed by atoms with Crippen molar-refractivity contribution in [3.8, 4) is 0 Å². The maximum Gasteiger partial charge on any atom is 1.00 e. The molecular formula is C7H10AuIS. The molecule has 0 bridgehead atoms. The van der Waals surface area contributed by atoms with Crippen molar-refractivity contribution in [2.45, 2.75) is 13.3 Å². The molecule has 1 aromatic rings. The van der Waals surface area contributed by atoms with Gasteiger partial charge in [-0.1, -0.05) is 29.5 Å². The molecule has 0 aliphatic carbocycles. The van der Waals surface area contributed by atoms with Gasteiger partial charge in [-0.05, 0) is 10.8 Å². The van der Waals surface area contributed by atoms with Gasteiger partial charge >= 0.3 is 22.4 Å². The largest absolute Gasteiger partial charge is 1.00 e. The minimum Gasteiger partial charge on any atom is -0.304 e. The van der Waals surface area contributed by atoms with Crippen molar-refractivity contribution in [3.05, 3.63) is 22.9 Å². The molecule has 0 saturated heterocycles. The van der Waals surface area contributed by atoms with Crippen molar-refractivity contribution < 1.29 is 22.4 Å². The predicted octanol–water partition coefficient (Wildman–Crippen LogP) is 3.38. The molecule has 0 atom stereocenters. The van der Waals surface area contributed by atoms with E-state index in [0.717, 1.165) is 0 Å². The SMILES string of the molecule is CCCI.[Au+].[c-]1cccs1. The van der Waals surface area contributed by atoms with Crippen LogP contribution < -0.4 is 0 Å². The molecule has 1 rings (SSSR count). The van der Waals surface area contributed by atoms with E-state index in [-0.39, 0.29) is 22.4 Å². The standard InChI is InChI=1S/C4H3S.C3H7I.Au/c1-2-4-5-3-1;1-2-3-4;/h1-3H;2-3H2,1H3;/q-1;;+1. The summed E-state index contributed by atoms with van der Waals surface area (Å²) in [7, 11) is 0. The first-order chi connectivity index (χ1) is 4.41. The Hall–Kier alpha value is 1.17. The van der Waals surface area contributed by atoms with Gasteiger partial charge in [-0.3, -0.25) is 0 Å². The molecule has 0 unspecified atom stereocenters. The van der Waals surface area contributed by atoms with Gasteiger partial charge in [0.05, 0.1) is 0 Å². The summed E-state index contributed by atoms with van der Waals surface area (Å²) in [5, 5.41) is 4.89. The van der Waals surface area contributed by atoms with Crippen molar-refractivity contribution in [3.63, 3.8) is 0 Å². The Balaban J connectivity index is 0. The van der Waals surface area contributed by atoms with Crippen LogP contribution in [0.25, 0.3) is 0 Å². The minimum absolute atomic E-state index is 0. The third-order valence-electron chi connectivity index (χ3n) is 0.568. The summed E-state index contributed by atoms with van der Waals surface area (Å²) in [6.07, 6.45) is 1.31. The second kappa shape index (κ2) is 12.8. The average molecular weight is 450 g/mol. The molecule has 0 amide bonds. The first-order valence-corrected chi connectivity index (χ1v) is 5.27. The Kier molecular flexibility index (Phi) is 17.6. The van der Waals surface area contributed by atoms with Gasteiger partial charge in [-0.15, -0.1) is 5.38 Å². The van der Waals surface area contributed by atoms with Crippen LogP contribution in [-0.2, 0) is 22.4 Å². The van der Waals surface area contributed by atoms with Crippen molar-refractivity contribution in [2.24, 2.45) is 0 Å². The maximum absolute atomic E-state index is 2.90. The molecule has 1 heterocycles. The van der Waals surface area contributed by atoms with Gasteiger partial charge in [0, 0.05) is 0 Å². The normalized spacial score (nSPS) is 7.00. The van der Waals surface area contributed by atoms with Crippen LogP contribution in [0.1, 0.15) is 13.3 Å². The quantitative estimate of drug-likeness (QED) is 0.267. The first-order valence-electron chi connectivity index (χ1n) is 2.87. The van der Waals surface area contributed by atoms with Gasteiger partial charge in [0.1, 0.15) is 0 Å². The number of hydrogen-bond acceptors (Lipinski definition) is 1. The molecule has 0 aromatic carbocycles. The van der Waals surface area contributed by atoms with Crippen LogP contribution in [0.5, 0.6) is 0 Å². The van der Waals surface area contributed by atoms with E-state index in [1.807, 2.05) is 17.5 Å². The van der Waals surface area contributed by atoms with Crippen LogP contribution in [0.2, 0.25) is 0 Å². The summed E-state index contributed by atoms with van der Waals surface area (Å²) < 4.78 is 1.29. The molecule has 3 heteroatoms. The zero-order chi connectivity index (χ0) is 6.95. The summed E-state index contributed by atoms with van der Waals surface area (Å²) in [6.45, 7) is 2.17. The summed E-state index contributed by atoms with van der Waals surface area (Å²) in [4.78, 5) is 0. The van der Waals surface area contributed by atoms with Gasteiger partial charge in [0.2, 0.25) is 0 Å². The molecule has 0 radical (unpaired) electrons. The molecule has 0 N–H and O–H groups in total. The second-order valence-corrected chi connectivity index (χ2v) is 3.24. The zero-order valence-corrected chi connectivity index (χ0v) is 10.9. The monoisotopic (exact) mass is 450 g/mol. The van der Waals surface area contributed by atoms with E-state index in [1.54, 1.807) is 11.3 Å². The Morgan fingerprint density at radius 2 is 2.20 bits per heavy atom. The number of thiophene rings is 1. The zero-order valence-electron chi connectivity index (χ0n) is 5.73. The summed E-state index contributed by atoms with van der Waals surface area (Å²) in [5.41, 5.74) is 0. The van der Waals surface area contributed by atoms with E-state index in [4.69, 9.17) is 0 Å². The van der Waals surface area contributed by atoms with Gasteiger partial charge in [-0.25, -0.2) is 6.07 Å². The molecule has 0 aliphatic heterocycles. The van der Waals surface area contributed by atoms with E-state index >= 15 is 0 Å². The van der Waals surface area contributed by atoms with Crippen molar-refractivity contribution in [1.82, 2.24) is 0 Å². The molecule has 62 valence electrons. The van der Waals surface area contributed by atoms with Crippen LogP contribution >= 0.6 is 33.9 Å². The fourth-order valence-corrected chi connectivity index (χ4v) is 0.589. The van der Waals surface area contributed by atoms with Crippen LogP contribution in [0, 0.1) is 5.38 Å². The number of rotatable bonds is 1. The smallest absolute Gasteiger partial charge is 0.304 e. The molecule has 0 spiro atoms. The second-order valence-electron chi connectivity index (χ2n) is 1.42. The Morgan fingerprint density at radius 3 is 2.30 bits per heavy atom. The van der Waals surface area contributed by atoms with Crippen molar-refractivity contribution in [2.75, 3.05) is 4.43 Å². The van der Waals surface area contributed by atoms with E-state index in [2.05, 4.69) is 34.9 Å². The van der Waals surface area contributed by atoms with Crippen molar-refractivity contribution >= 4 is 33.9 Å². The van der Waals surface area contributed by atoms with Gasteiger partial charge < -0.3 is 11.3 Å². The van der Waals surface area contributed by atoms with Gasteiger partial charge in [0.25, 0.3) is 0 Å². The topological polar surface area (TPSA) is 0 Å². The first kappa shape index (κ1) is 13.7. The molecule has 1 aromatic heterocycles. The molecule has 0 saturated carbocycles. The minimum atomic E-state index is 0. The molecule has 0 nitrogen and oxygen atoms in total. The van der Waals surface area contributed by atoms with Crippen LogP contribution in [0.4, 0.5) is 0 Å². The number of hydrogen-bond donors (Lipinski definition) is 0. The van der Waals surface area contributed by atoms with Gasteiger partial charge in [-0.2, -0.15) is 11.4 Å². The van der Waals surface area contributed by atoms with Crippen molar-refractivity contribution in [1.29, 1.82) is 0 Å². The molecule has 0 aliphatic rings. The summed E-state index contributed by atoms with van der Waals surface area (Å²) >= 11 is 3.94. The van der Waals surface area contributed by atoms with Crippen LogP contribution in [-0.4, -0.2) is 4.43 Å². The van der Waals surface area contributed by atoms with E-state index in [9.17, 15) is 0 Å². The Bertz CT molecular complexity index is 89.1. The van der Waals surface area contributed by atoms with Gasteiger partial charge in [0.15, 0.2) is 0 Å². The number of alkyl halides is 1. The third kappa shape index (κ3) is 11.9. The maximum atomic E-state index is 2.90. The fourth-order valence-electron chi connectivity index (χ4n) is 0.196. The van der Waals surface area contributed by atoms with E-state index in [0.29, 0.717) is 0 Å². The van der Waals surface area contributed by atoms with E-state index < -0.39 is 0 Å². The average Bonchev–Trinajstić information content (AvgIpc) is 2.43. The Morgan fingerprint density at radius 1 is 1.60 bits per heavy atom. The number of halogens is 1. The molecule has 0 fully saturated rings. The molecular weight excluding hydrogens is 440 g/mol. The summed E-state index contributed by atoms with van der Waals surface area (Å²) in [5.74, 6) is 0. The fraction of sp³-hybridized carbons (Fsp3) is 0.429. The predicted molar refractivity (Wildman–Crippen MR) is 52.3 cm³/mol. The van der Waals surface area contributed by atoms with Crippen LogP contribution in [0.3, 0.4) is 0 Å². The Labute approximate surface area is 96.1 Å². The van der Waals surface area contributed by atoms with E-state index in [1.165, 1.54) is 10.8 Å².